The minimum atomic E-state index is 0.593. The smallest absolute Gasteiger partial charge is 0.129 e. The third kappa shape index (κ3) is 2.34. The summed E-state index contributed by atoms with van der Waals surface area (Å²) in [5.74, 6) is 0.950. The predicted molar refractivity (Wildman–Crippen MR) is 106 cm³/mol. The topological polar surface area (TPSA) is 14.2 Å². The van der Waals surface area contributed by atoms with Gasteiger partial charge in [-0.3, -0.25) is 0 Å². The van der Waals surface area contributed by atoms with Crippen LogP contribution in [0.2, 0.25) is 0 Å². The summed E-state index contributed by atoms with van der Waals surface area (Å²) in [4.78, 5) is 0. The number of hydrogen-bond acceptors (Lipinski definition) is 1. The molecule has 126 valence electrons. The lowest BCUT2D eigenvalue weighted by Gasteiger charge is -2.21. The number of hydrogen-bond donors (Lipinski definition) is 0. The van der Waals surface area contributed by atoms with Crippen LogP contribution in [-0.2, 0) is 6.61 Å². The molecule has 0 atom stereocenters. The Bertz CT molecular complexity index is 1080. The fraction of sp³-hybridized carbons (Fsp3) is 0.0833. The van der Waals surface area contributed by atoms with Crippen LogP contribution in [0.25, 0.3) is 28.1 Å². The van der Waals surface area contributed by atoms with Gasteiger partial charge in [-0.2, -0.15) is 0 Å². The molecule has 0 saturated heterocycles. The van der Waals surface area contributed by atoms with Gasteiger partial charge in [0, 0.05) is 28.6 Å². The minimum Gasteiger partial charge on any atom is -0.488 e. The number of rotatable bonds is 2. The summed E-state index contributed by atoms with van der Waals surface area (Å²) in [6, 6.07) is 27.5. The van der Waals surface area contributed by atoms with Gasteiger partial charge in [0.25, 0.3) is 0 Å². The molecule has 0 amide bonds. The standard InChI is InChI=1S/C24H19NO/c1-17-11-13-19(14-12-17)25-15-21(18-7-3-2-4-8-18)22-16-26-23-10-6-5-9-20(23)24(22)25/h2-15H,16H2,1H3. The highest BCUT2D eigenvalue weighted by atomic mass is 16.5. The molecule has 0 saturated carbocycles. The first-order valence-corrected chi connectivity index (χ1v) is 8.90. The Balaban J connectivity index is 1.80. The molecule has 5 rings (SSSR count). The number of benzene rings is 3. The summed E-state index contributed by atoms with van der Waals surface area (Å²) in [5.41, 5.74) is 8.52. The number of nitrogens with zero attached hydrogens (tertiary/aromatic N) is 1. The molecule has 3 aromatic carbocycles. The lowest BCUT2D eigenvalue weighted by molar-refractivity contribution is 0.302. The van der Waals surface area contributed by atoms with Crippen LogP contribution in [-0.4, -0.2) is 4.57 Å². The molecule has 1 aliphatic rings. The SMILES string of the molecule is Cc1ccc(-n2cc(-c3ccccc3)c3c2-c2ccccc2OC3)cc1. The van der Waals surface area contributed by atoms with E-state index in [2.05, 4.69) is 84.4 Å². The van der Waals surface area contributed by atoms with Crippen molar-refractivity contribution in [1.82, 2.24) is 4.57 Å². The van der Waals surface area contributed by atoms with Gasteiger partial charge in [0.05, 0.1) is 5.69 Å². The zero-order chi connectivity index (χ0) is 17.5. The molecular formula is C24H19NO. The highest BCUT2D eigenvalue weighted by Crippen LogP contribution is 2.43. The maximum atomic E-state index is 6.07. The normalized spacial score (nSPS) is 12.2. The summed E-state index contributed by atoms with van der Waals surface area (Å²) < 4.78 is 8.37. The molecule has 2 nitrogen and oxygen atoms in total. The van der Waals surface area contributed by atoms with Crippen molar-refractivity contribution in [2.75, 3.05) is 0 Å². The van der Waals surface area contributed by atoms with E-state index in [9.17, 15) is 0 Å². The number of para-hydroxylation sites is 1. The lowest BCUT2D eigenvalue weighted by Crippen LogP contribution is -2.07. The fourth-order valence-corrected chi connectivity index (χ4v) is 3.70. The molecule has 0 spiro atoms. The van der Waals surface area contributed by atoms with Crippen molar-refractivity contribution in [1.29, 1.82) is 0 Å². The maximum Gasteiger partial charge on any atom is 0.129 e. The van der Waals surface area contributed by atoms with Gasteiger partial charge in [-0.25, -0.2) is 0 Å². The number of ether oxygens (including phenoxy) is 1. The highest BCUT2D eigenvalue weighted by Gasteiger charge is 2.25. The molecule has 2 heteroatoms. The quantitative estimate of drug-likeness (QED) is 0.437. The van der Waals surface area contributed by atoms with E-state index in [1.807, 2.05) is 12.1 Å². The van der Waals surface area contributed by atoms with E-state index in [0.717, 1.165) is 11.3 Å². The van der Waals surface area contributed by atoms with Crippen molar-refractivity contribution in [3.05, 3.63) is 96.2 Å². The van der Waals surface area contributed by atoms with Crippen LogP contribution in [0.5, 0.6) is 5.75 Å². The van der Waals surface area contributed by atoms with E-state index in [1.54, 1.807) is 0 Å². The third-order valence-corrected chi connectivity index (χ3v) is 5.02. The van der Waals surface area contributed by atoms with Crippen molar-refractivity contribution in [3.63, 3.8) is 0 Å². The average Bonchev–Trinajstić information content (AvgIpc) is 3.09. The second-order valence-electron chi connectivity index (χ2n) is 6.73. The first-order chi connectivity index (χ1) is 12.8. The Morgan fingerprint density at radius 2 is 1.50 bits per heavy atom. The molecule has 26 heavy (non-hydrogen) atoms. The Morgan fingerprint density at radius 1 is 0.769 bits per heavy atom. The number of aryl methyl sites for hydroxylation is 1. The van der Waals surface area contributed by atoms with Gasteiger partial charge in [0.1, 0.15) is 12.4 Å². The van der Waals surface area contributed by atoms with Gasteiger partial charge in [-0.05, 0) is 36.8 Å². The van der Waals surface area contributed by atoms with Crippen molar-refractivity contribution in [2.24, 2.45) is 0 Å². The monoisotopic (exact) mass is 337 g/mol. The van der Waals surface area contributed by atoms with E-state index in [4.69, 9.17) is 4.74 Å². The Morgan fingerprint density at radius 3 is 2.31 bits per heavy atom. The Hall–Kier alpha value is -3.26. The minimum absolute atomic E-state index is 0.593. The van der Waals surface area contributed by atoms with E-state index in [0.29, 0.717) is 6.61 Å². The Labute approximate surface area is 153 Å². The van der Waals surface area contributed by atoms with Crippen LogP contribution >= 0.6 is 0 Å². The third-order valence-electron chi connectivity index (χ3n) is 5.02. The summed E-state index contributed by atoms with van der Waals surface area (Å²) in [5, 5.41) is 0. The van der Waals surface area contributed by atoms with Crippen LogP contribution in [0.15, 0.2) is 85.1 Å². The maximum absolute atomic E-state index is 6.07. The van der Waals surface area contributed by atoms with Gasteiger partial charge < -0.3 is 9.30 Å². The molecule has 0 unspecified atom stereocenters. The van der Waals surface area contributed by atoms with Gasteiger partial charge in [0.2, 0.25) is 0 Å². The summed E-state index contributed by atoms with van der Waals surface area (Å²) in [6.07, 6.45) is 2.25. The summed E-state index contributed by atoms with van der Waals surface area (Å²) in [6.45, 7) is 2.71. The zero-order valence-corrected chi connectivity index (χ0v) is 14.6. The van der Waals surface area contributed by atoms with Crippen molar-refractivity contribution in [3.8, 4) is 33.8 Å². The van der Waals surface area contributed by atoms with Crippen molar-refractivity contribution >= 4 is 0 Å². The fourth-order valence-electron chi connectivity index (χ4n) is 3.70. The highest BCUT2D eigenvalue weighted by molar-refractivity contribution is 5.83. The van der Waals surface area contributed by atoms with Crippen LogP contribution in [0.4, 0.5) is 0 Å². The van der Waals surface area contributed by atoms with E-state index < -0.39 is 0 Å². The van der Waals surface area contributed by atoms with Crippen LogP contribution < -0.4 is 4.74 Å². The zero-order valence-electron chi connectivity index (χ0n) is 14.6. The van der Waals surface area contributed by atoms with Crippen molar-refractivity contribution < 1.29 is 4.74 Å². The predicted octanol–water partition coefficient (Wildman–Crippen LogP) is 6.01. The molecule has 1 aromatic heterocycles. The molecule has 2 heterocycles. The number of aromatic nitrogens is 1. The molecule has 0 bridgehead atoms. The first kappa shape index (κ1) is 15.0. The Kier molecular flexibility index (Phi) is 3.42. The lowest BCUT2D eigenvalue weighted by atomic mass is 9.98. The summed E-state index contributed by atoms with van der Waals surface area (Å²) >= 11 is 0. The molecule has 0 fully saturated rings. The van der Waals surface area contributed by atoms with Gasteiger partial charge in [0.15, 0.2) is 0 Å². The average molecular weight is 337 g/mol. The molecule has 4 aromatic rings. The first-order valence-electron chi connectivity index (χ1n) is 8.90. The van der Waals surface area contributed by atoms with Gasteiger partial charge in [-0.1, -0.05) is 60.2 Å². The van der Waals surface area contributed by atoms with Gasteiger partial charge in [-0.15, -0.1) is 0 Å². The van der Waals surface area contributed by atoms with Crippen LogP contribution in [0.1, 0.15) is 11.1 Å². The summed E-state index contributed by atoms with van der Waals surface area (Å²) in [7, 11) is 0. The molecule has 0 aliphatic carbocycles. The van der Waals surface area contributed by atoms with Crippen molar-refractivity contribution in [2.45, 2.75) is 13.5 Å². The molecule has 0 radical (unpaired) electrons. The molecular weight excluding hydrogens is 318 g/mol. The van der Waals surface area contributed by atoms with E-state index in [-0.39, 0.29) is 0 Å². The second-order valence-corrected chi connectivity index (χ2v) is 6.73. The van der Waals surface area contributed by atoms with Gasteiger partial charge >= 0.3 is 0 Å². The largest absolute Gasteiger partial charge is 0.488 e. The van der Waals surface area contributed by atoms with E-state index >= 15 is 0 Å². The second kappa shape index (κ2) is 5.92. The van der Waals surface area contributed by atoms with Crippen LogP contribution in [0.3, 0.4) is 0 Å². The van der Waals surface area contributed by atoms with E-state index in [1.165, 1.54) is 33.6 Å². The molecule has 1 aliphatic heterocycles. The molecule has 0 N–H and O–H groups in total. The van der Waals surface area contributed by atoms with Crippen LogP contribution in [0, 0.1) is 6.92 Å². The number of fused-ring (bicyclic) bond motifs is 3.